The summed E-state index contributed by atoms with van der Waals surface area (Å²) < 4.78 is 0. The maximum Gasteiger partial charge on any atom is 0.0239 e. The largest absolute Gasteiger partial charge is 0.308 e. The molecule has 1 heteroatoms. The zero-order chi connectivity index (χ0) is 10.8. The molecule has 0 aromatic heterocycles. The fraction of sp³-hybridized carbons (Fsp3) is 0.357. The van der Waals surface area contributed by atoms with E-state index in [2.05, 4.69) is 30.9 Å². The van der Waals surface area contributed by atoms with Gasteiger partial charge < -0.3 is 5.41 Å². The van der Waals surface area contributed by atoms with Crippen LogP contribution in [0.5, 0.6) is 0 Å². The minimum absolute atomic E-state index is 0.245. The Morgan fingerprint density at radius 3 is 2.73 bits per heavy atom. The predicted molar refractivity (Wildman–Crippen MR) is 65.0 cm³/mol. The Morgan fingerprint density at radius 1 is 1.33 bits per heavy atom. The van der Waals surface area contributed by atoms with Crippen LogP contribution in [0.1, 0.15) is 6.92 Å². The molecule has 0 aliphatic heterocycles. The lowest BCUT2D eigenvalue weighted by atomic mass is 9.85. The van der Waals surface area contributed by atoms with Crippen molar-refractivity contribution in [1.82, 2.24) is 0 Å². The molecule has 0 aromatic rings. The molecule has 0 saturated heterocycles. The molecular weight excluding hydrogens is 182 g/mol. The molecule has 1 fully saturated rings. The Morgan fingerprint density at radius 2 is 2.07 bits per heavy atom. The highest BCUT2D eigenvalue weighted by Crippen LogP contribution is 2.43. The van der Waals surface area contributed by atoms with Gasteiger partial charge in [-0.2, -0.15) is 0 Å². The third kappa shape index (κ3) is 1.52. The Kier molecular flexibility index (Phi) is 2.72. The molecule has 1 N–H and O–H groups in total. The number of fused-ring (bicyclic) bond motifs is 1. The van der Waals surface area contributed by atoms with Crippen molar-refractivity contribution in [3.05, 3.63) is 49.1 Å². The van der Waals surface area contributed by atoms with Crippen LogP contribution in [-0.4, -0.2) is 5.71 Å². The van der Waals surface area contributed by atoms with E-state index in [4.69, 9.17) is 5.41 Å². The molecule has 0 radical (unpaired) electrons. The summed E-state index contributed by atoms with van der Waals surface area (Å²) in [6, 6.07) is 0. The van der Waals surface area contributed by atoms with Gasteiger partial charge in [-0.25, -0.2) is 0 Å². The topological polar surface area (TPSA) is 23.9 Å². The van der Waals surface area contributed by atoms with Crippen molar-refractivity contribution >= 4 is 5.71 Å². The fourth-order valence-electron chi connectivity index (χ4n) is 2.72. The summed E-state index contributed by atoms with van der Waals surface area (Å²) in [4.78, 5) is 0. The van der Waals surface area contributed by atoms with Crippen LogP contribution in [0.25, 0.3) is 0 Å². The van der Waals surface area contributed by atoms with E-state index in [1.165, 1.54) is 0 Å². The maximum absolute atomic E-state index is 8.18. The maximum atomic E-state index is 8.18. The van der Waals surface area contributed by atoms with Gasteiger partial charge in [0.05, 0.1) is 0 Å². The van der Waals surface area contributed by atoms with Gasteiger partial charge in [0.15, 0.2) is 0 Å². The van der Waals surface area contributed by atoms with Crippen molar-refractivity contribution in [2.24, 2.45) is 23.7 Å². The van der Waals surface area contributed by atoms with E-state index in [-0.39, 0.29) is 5.92 Å². The van der Waals surface area contributed by atoms with Crippen molar-refractivity contribution in [1.29, 1.82) is 5.41 Å². The lowest BCUT2D eigenvalue weighted by Gasteiger charge is -2.19. The van der Waals surface area contributed by atoms with E-state index >= 15 is 0 Å². The van der Waals surface area contributed by atoms with Crippen molar-refractivity contribution in [3.8, 4) is 0 Å². The number of rotatable bonds is 2. The van der Waals surface area contributed by atoms with Gasteiger partial charge in [-0.1, -0.05) is 42.5 Å². The SMILES string of the molecule is C=CC1C(/C=C\C)C(=N)C2C=CC=CC21. The van der Waals surface area contributed by atoms with E-state index in [1.807, 2.05) is 25.2 Å². The summed E-state index contributed by atoms with van der Waals surface area (Å²) >= 11 is 0. The second kappa shape index (κ2) is 4.01. The smallest absolute Gasteiger partial charge is 0.0239 e. The Balaban J connectivity index is 2.35. The van der Waals surface area contributed by atoms with Crippen LogP contribution in [-0.2, 0) is 0 Å². The van der Waals surface area contributed by atoms with Crippen LogP contribution < -0.4 is 0 Å². The second-order valence-electron chi connectivity index (χ2n) is 4.19. The molecule has 0 bridgehead atoms. The molecular formula is C14H17N. The fourth-order valence-corrected chi connectivity index (χ4v) is 2.72. The van der Waals surface area contributed by atoms with Crippen LogP contribution in [0.3, 0.4) is 0 Å². The van der Waals surface area contributed by atoms with Crippen LogP contribution in [0, 0.1) is 29.1 Å². The number of nitrogens with one attached hydrogen (secondary N) is 1. The van der Waals surface area contributed by atoms with Crippen molar-refractivity contribution < 1.29 is 0 Å². The average Bonchev–Trinajstić information content (AvgIpc) is 2.54. The molecule has 2 aliphatic rings. The molecule has 2 aliphatic carbocycles. The van der Waals surface area contributed by atoms with E-state index in [9.17, 15) is 0 Å². The minimum atomic E-state index is 0.245. The summed E-state index contributed by atoms with van der Waals surface area (Å²) in [5.74, 6) is 1.37. The van der Waals surface area contributed by atoms with Crippen LogP contribution in [0.2, 0.25) is 0 Å². The third-order valence-corrected chi connectivity index (χ3v) is 3.43. The molecule has 1 saturated carbocycles. The predicted octanol–water partition coefficient (Wildman–Crippen LogP) is 3.37. The molecule has 78 valence electrons. The number of allylic oxidation sites excluding steroid dienone is 7. The molecule has 0 aromatic carbocycles. The lowest BCUT2D eigenvalue weighted by molar-refractivity contribution is 0.464. The number of hydrogen-bond acceptors (Lipinski definition) is 1. The highest BCUT2D eigenvalue weighted by Gasteiger charge is 2.42. The summed E-state index contributed by atoms with van der Waals surface area (Å²) in [7, 11) is 0. The van der Waals surface area contributed by atoms with Gasteiger partial charge in [0, 0.05) is 17.5 Å². The first-order valence-electron chi connectivity index (χ1n) is 5.48. The zero-order valence-corrected chi connectivity index (χ0v) is 9.06. The van der Waals surface area contributed by atoms with E-state index in [1.54, 1.807) is 0 Å². The van der Waals surface area contributed by atoms with Gasteiger partial charge in [0.2, 0.25) is 0 Å². The zero-order valence-electron chi connectivity index (χ0n) is 9.06. The monoisotopic (exact) mass is 199 g/mol. The van der Waals surface area contributed by atoms with E-state index in [0.717, 1.165) is 5.71 Å². The van der Waals surface area contributed by atoms with Crippen molar-refractivity contribution in [3.63, 3.8) is 0 Å². The normalized spacial score (nSPS) is 38.6. The van der Waals surface area contributed by atoms with E-state index < -0.39 is 0 Å². The molecule has 0 amide bonds. The van der Waals surface area contributed by atoms with Gasteiger partial charge >= 0.3 is 0 Å². The first-order chi connectivity index (χ1) is 7.29. The van der Waals surface area contributed by atoms with Gasteiger partial charge in [0.1, 0.15) is 0 Å². The van der Waals surface area contributed by atoms with E-state index in [0.29, 0.717) is 17.8 Å². The van der Waals surface area contributed by atoms with Crippen LogP contribution in [0.15, 0.2) is 49.1 Å². The molecule has 0 spiro atoms. The van der Waals surface area contributed by atoms with Crippen LogP contribution >= 0.6 is 0 Å². The number of hydrogen-bond donors (Lipinski definition) is 1. The summed E-state index contributed by atoms with van der Waals surface area (Å²) in [6.45, 7) is 5.93. The standard InChI is InChI=1S/C14H17N/c1-3-7-12-10(4-2)11-8-5-6-9-13(11)14(12)15/h3-13,15H,2H2,1H3/b7-3-,15-14?. The Labute approximate surface area is 91.4 Å². The lowest BCUT2D eigenvalue weighted by Crippen LogP contribution is -2.13. The molecule has 1 nitrogen and oxygen atoms in total. The van der Waals surface area contributed by atoms with Crippen molar-refractivity contribution in [2.75, 3.05) is 0 Å². The highest BCUT2D eigenvalue weighted by molar-refractivity contribution is 5.92. The average molecular weight is 199 g/mol. The highest BCUT2D eigenvalue weighted by atomic mass is 14.6. The summed E-state index contributed by atoms with van der Waals surface area (Å²) in [5.41, 5.74) is 0.837. The van der Waals surface area contributed by atoms with Gasteiger partial charge in [0.25, 0.3) is 0 Å². The molecule has 4 unspecified atom stereocenters. The quantitative estimate of drug-likeness (QED) is 0.659. The first-order valence-corrected chi connectivity index (χ1v) is 5.48. The molecule has 4 atom stereocenters. The van der Waals surface area contributed by atoms with Gasteiger partial charge in [-0.05, 0) is 18.8 Å². The third-order valence-electron chi connectivity index (χ3n) is 3.43. The molecule has 15 heavy (non-hydrogen) atoms. The first kappa shape index (κ1) is 10.2. The molecule has 2 rings (SSSR count). The van der Waals surface area contributed by atoms with Gasteiger partial charge in [-0.15, -0.1) is 6.58 Å². The summed E-state index contributed by atoms with van der Waals surface area (Å²) in [5, 5.41) is 8.18. The van der Waals surface area contributed by atoms with Crippen molar-refractivity contribution in [2.45, 2.75) is 6.92 Å². The minimum Gasteiger partial charge on any atom is -0.308 e. The Hall–Kier alpha value is -1.37. The Bertz CT molecular complexity index is 360. The summed E-state index contributed by atoms with van der Waals surface area (Å²) in [6.07, 6.45) is 14.7. The van der Waals surface area contributed by atoms with Crippen LogP contribution in [0.4, 0.5) is 0 Å². The van der Waals surface area contributed by atoms with Gasteiger partial charge in [-0.3, -0.25) is 0 Å². The molecule has 0 heterocycles. The second-order valence-corrected chi connectivity index (χ2v) is 4.19.